The summed E-state index contributed by atoms with van der Waals surface area (Å²) in [6.07, 6.45) is 0.816. The molecular formula is C7H4BrF2N. The van der Waals surface area contributed by atoms with Crippen molar-refractivity contribution in [2.75, 3.05) is 0 Å². The molecule has 0 atom stereocenters. The van der Waals surface area contributed by atoms with Gasteiger partial charge in [-0.25, -0.2) is 8.78 Å². The highest BCUT2D eigenvalue weighted by Crippen LogP contribution is 2.15. The van der Waals surface area contributed by atoms with Crippen LogP contribution in [-0.4, -0.2) is 0 Å². The minimum absolute atomic E-state index is 0.0955. The number of hydrogen-bond donors (Lipinski definition) is 0. The molecule has 0 amide bonds. The maximum Gasteiger partial charge on any atom is 0.144 e. The van der Waals surface area contributed by atoms with Crippen molar-refractivity contribution in [3.63, 3.8) is 0 Å². The van der Waals surface area contributed by atoms with E-state index in [0.717, 1.165) is 6.08 Å². The first-order chi connectivity index (χ1) is 5.11. The van der Waals surface area contributed by atoms with Gasteiger partial charge in [0.2, 0.25) is 0 Å². The minimum atomic E-state index is -0.947. The number of allylic oxidation sites excluding steroid dienone is 4. The maximum absolute atomic E-state index is 12.6. The molecule has 0 unspecified atom stereocenters. The van der Waals surface area contributed by atoms with Crippen LogP contribution in [0.2, 0.25) is 0 Å². The van der Waals surface area contributed by atoms with Gasteiger partial charge in [0.1, 0.15) is 23.8 Å². The van der Waals surface area contributed by atoms with E-state index in [2.05, 4.69) is 22.5 Å². The first-order valence-corrected chi connectivity index (χ1v) is 3.33. The van der Waals surface area contributed by atoms with Crippen LogP contribution in [0.25, 0.3) is 0 Å². The Morgan fingerprint density at radius 1 is 1.64 bits per heavy atom. The second-order valence-electron chi connectivity index (χ2n) is 1.57. The van der Waals surface area contributed by atoms with Gasteiger partial charge in [-0.2, -0.15) is 5.26 Å². The van der Waals surface area contributed by atoms with Crippen LogP contribution in [-0.2, 0) is 0 Å². The maximum atomic E-state index is 12.6. The van der Waals surface area contributed by atoms with E-state index in [4.69, 9.17) is 5.26 Å². The topological polar surface area (TPSA) is 23.8 Å². The molecule has 0 radical (unpaired) electrons. The van der Waals surface area contributed by atoms with Gasteiger partial charge in [-0.1, -0.05) is 22.5 Å². The van der Waals surface area contributed by atoms with Crippen LogP contribution in [0.4, 0.5) is 8.78 Å². The van der Waals surface area contributed by atoms with Crippen LogP contribution in [0.15, 0.2) is 34.9 Å². The Morgan fingerprint density at radius 3 is 2.45 bits per heavy atom. The largest absolute Gasteiger partial charge is 0.214 e. The van der Waals surface area contributed by atoms with Crippen molar-refractivity contribution < 1.29 is 8.78 Å². The first-order valence-electron chi connectivity index (χ1n) is 2.54. The normalized spacial score (nSPS) is 12.5. The molecule has 0 bridgehead atoms. The Kier molecular flexibility index (Phi) is 4.39. The third kappa shape index (κ3) is 3.68. The summed E-state index contributed by atoms with van der Waals surface area (Å²) >= 11 is 2.83. The highest BCUT2D eigenvalue weighted by Gasteiger charge is 2.02. The van der Waals surface area contributed by atoms with Crippen molar-refractivity contribution in [2.24, 2.45) is 0 Å². The fourth-order valence-electron chi connectivity index (χ4n) is 0.345. The van der Waals surface area contributed by atoms with Gasteiger partial charge < -0.3 is 0 Å². The quantitative estimate of drug-likeness (QED) is 0.518. The Labute approximate surface area is 71.5 Å². The van der Waals surface area contributed by atoms with Crippen molar-refractivity contribution in [2.45, 2.75) is 0 Å². The second-order valence-corrected chi connectivity index (χ2v) is 2.59. The van der Waals surface area contributed by atoms with E-state index in [1.54, 1.807) is 0 Å². The van der Waals surface area contributed by atoms with Gasteiger partial charge in [-0.15, -0.1) is 0 Å². The predicted molar refractivity (Wildman–Crippen MR) is 42.1 cm³/mol. The number of nitriles is 1. The molecule has 11 heavy (non-hydrogen) atoms. The standard InChI is InChI=1S/C7H4BrF2N/c1-5(8)2-7(10)6(3-9)4-11/h2-3H,1H2/b6-3+,7-2+. The Bertz CT molecular complexity index is 260. The Balaban J connectivity index is 4.63. The van der Waals surface area contributed by atoms with Gasteiger partial charge in [0.25, 0.3) is 0 Å². The van der Waals surface area contributed by atoms with Crippen LogP contribution in [0.5, 0.6) is 0 Å². The fraction of sp³-hybridized carbons (Fsp3) is 0. The highest BCUT2D eigenvalue weighted by molar-refractivity contribution is 9.11. The number of halogens is 3. The molecule has 0 heterocycles. The van der Waals surface area contributed by atoms with Crippen molar-refractivity contribution >= 4 is 15.9 Å². The van der Waals surface area contributed by atoms with Gasteiger partial charge in [-0.3, -0.25) is 0 Å². The van der Waals surface area contributed by atoms with Crippen molar-refractivity contribution in [1.29, 1.82) is 5.26 Å². The molecule has 0 saturated heterocycles. The van der Waals surface area contributed by atoms with Crippen LogP contribution in [0.1, 0.15) is 0 Å². The van der Waals surface area contributed by atoms with E-state index in [0.29, 0.717) is 0 Å². The van der Waals surface area contributed by atoms with Crippen LogP contribution in [0, 0.1) is 11.3 Å². The van der Waals surface area contributed by atoms with E-state index in [9.17, 15) is 8.78 Å². The lowest BCUT2D eigenvalue weighted by atomic mass is 10.3. The molecule has 0 aromatic heterocycles. The highest BCUT2D eigenvalue weighted by atomic mass is 79.9. The van der Waals surface area contributed by atoms with E-state index in [1.807, 2.05) is 0 Å². The van der Waals surface area contributed by atoms with E-state index >= 15 is 0 Å². The third-order valence-corrected chi connectivity index (χ3v) is 0.999. The molecule has 4 heteroatoms. The average molecular weight is 220 g/mol. The summed E-state index contributed by atoms with van der Waals surface area (Å²) in [6.45, 7) is 3.29. The zero-order valence-electron chi connectivity index (χ0n) is 5.44. The molecule has 0 N–H and O–H groups in total. The van der Waals surface area contributed by atoms with Crippen LogP contribution >= 0.6 is 15.9 Å². The lowest BCUT2D eigenvalue weighted by Crippen LogP contribution is -1.77. The van der Waals surface area contributed by atoms with Gasteiger partial charge in [0.15, 0.2) is 0 Å². The molecule has 0 aliphatic rings. The van der Waals surface area contributed by atoms with Crippen molar-refractivity contribution in [3.05, 3.63) is 34.9 Å². The number of hydrogen-bond acceptors (Lipinski definition) is 1. The van der Waals surface area contributed by atoms with E-state index < -0.39 is 11.4 Å². The SMILES string of the molecule is C=C(Br)/C=C(F)\C(C#N)=C\F. The van der Waals surface area contributed by atoms with Crippen molar-refractivity contribution in [1.82, 2.24) is 0 Å². The molecule has 0 aromatic rings. The number of nitrogens with zero attached hydrogens (tertiary/aromatic N) is 1. The lowest BCUT2D eigenvalue weighted by Gasteiger charge is -1.89. The summed E-state index contributed by atoms with van der Waals surface area (Å²) in [6, 6.07) is 1.34. The lowest BCUT2D eigenvalue weighted by molar-refractivity contribution is 0.640. The first kappa shape index (κ1) is 10.0. The molecule has 0 fully saturated rings. The summed E-state index contributed by atoms with van der Waals surface area (Å²) in [4.78, 5) is 0. The average Bonchev–Trinajstić information content (AvgIpc) is 1.88. The molecular weight excluding hydrogens is 216 g/mol. The van der Waals surface area contributed by atoms with E-state index in [1.165, 1.54) is 6.07 Å². The Morgan fingerprint density at radius 2 is 2.18 bits per heavy atom. The van der Waals surface area contributed by atoms with Crippen molar-refractivity contribution in [3.8, 4) is 6.07 Å². The minimum Gasteiger partial charge on any atom is -0.214 e. The van der Waals surface area contributed by atoms with Gasteiger partial charge in [0, 0.05) is 4.48 Å². The van der Waals surface area contributed by atoms with Crippen LogP contribution in [0.3, 0.4) is 0 Å². The van der Waals surface area contributed by atoms with Gasteiger partial charge in [0.05, 0.1) is 0 Å². The smallest absolute Gasteiger partial charge is 0.144 e. The second kappa shape index (κ2) is 4.80. The third-order valence-electron chi connectivity index (χ3n) is 0.770. The summed E-state index contributed by atoms with van der Waals surface area (Å²) < 4.78 is 24.4. The van der Waals surface area contributed by atoms with Gasteiger partial charge >= 0.3 is 0 Å². The monoisotopic (exact) mass is 219 g/mol. The molecule has 1 nitrogen and oxygen atoms in total. The van der Waals surface area contributed by atoms with Gasteiger partial charge in [-0.05, 0) is 6.08 Å². The fourth-order valence-corrected chi connectivity index (χ4v) is 0.546. The molecule has 0 spiro atoms. The zero-order valence-corrected chi connectivity index (χ0v) is 7.03. The van der Waals surface area contributed by atoms with Crippen LogP contribution < -0.4 is 0 Å². The Hall–Kier alpha value is -0.950. The zero-order chi connectivity index (χ0) is 8.85. The molecule has 0 aliphatic carbocycles. The molecule has 0 aromatic carbocycles. The van der Waals surface area contributed by atoms with E-state index in [-0.39, 0.29) is 10.8 Å². The molecule has 0 rings (SSSR count). The summed E-state index contributed by atoms with van der Waals surface area (Å²) in [7, 11) is 0. The molecule has 0 aliphatic heterocycles. The molecule has 0 saturated carbocycles. The summed E-state index contributed by atoms with van der Waals surface area (Å²) in [5.74, 6) is -0.947. The summed E-state index contributed by atoms with van der Waals surface area (Å²) in [5.41, 5.74) is -0.648. The number of rotatable bonds is 2. The summed E-state index contributed by atoms with van der Waals surface area (Å²) in [5, 5.41) is 8.13. The predicted octanol–water partition coefficient (Wildman–Crippen LogP) is 3.13. The molecule has 58 valence electrons.